The number of hydrogen-bond donors (Lipinski definition) is 0. The van der Waals surface area contributed by atoms with Gasteiger partial charge in [0.2, 0.25) is 0 Å². The summed E-state index contributed by atoms with van der Waals surface area (Å²) in [6, 6.07) is 0. The Kier molecular flexibility index (Phi) is 7.15. The van der Waals surface area contributed by atoms with Crippen LogP contribution in [-0.4, -0.2) is 36.9 Å². The fourth-order valence-corrected chi connectivity index (χ4v) is 7.46. The molecule has 0 spiro atoms. The average molecular weight is 437 g/mol. The van der Waals surface area contributed by atoms with Gasteiger partial charge >= 0.3 is 11.9 Å². The van der Waals surface area contributed by atoms with Crippen LogP contribution < -0.4 is 0 Å². The molecular weight excluding hydrogens is 392 g/mol. The number of ether oxygens (including phenoxy) is 3. The van der Waals surface area contributed by atoms with Crippen molar-refractivity contribution in [3.05, 3.63) is 0 Å². The van der Waals surface area contributed by atoms with Crippen molar-refractivity contribution in [3.63, 3.8) is 0 Å². The van der Waals surface area contributed by atoms with Crippen LogP contribution in [0.15, 0.2) is 0 Å². The van der Waals surface area contributed by atoms with Gasteiger partial charge < -0.3 is 14.2 Å². The van der Waals surface area contributed by atoms with Crippen molar-refractivity contribution in [3.8, 4) is 0 Å². The van der Waals surface area contributed by atoms with Crippen LogP contribution in [0.5, 0.6) is 0 Å². The van der Waals surface area contributed by atoms with Gasteiger partial charge in [-0.05, 0) is 101 Å². The molecule has 0 N–H and O–H groups in total. The van der Waals surface area contributed by atoms with E-state index in [-0.39, 0.29) is 34.5 Å². The van der Waals surface area contributed by atoms with Crippen molar-refractivity contribution in [2.45, 2.75) is 117 Å². The monoisotopic (exact) mass is 436 g/mol. The van der Waals surface area contributed by atoms with Gasteiger partial charge in [-0.25, -0.2) is 0 Å². The third-order valence-electron chi connectivity index (χ3n) is 8.66. The Balaban J connectivity index is 1.81. The van der Waals surface area contributed by atoms with Crippen LogP contribution in [0.3, 0.4) is 0 Å². The van der Waals surface area contributed by atoms with Crippen LogP contribution in [0.4, 0.5) is 0 Å². The van der Waals surface area contributed by atoms with E-state index in [1.165, 1.54) is 33.3 Å². The van der Waals surface area contributed by atoms with Gasteiger partial charge in [-0.3, -0.25) is 9.59 Å². The molecule has 0 radical (unpaired) electrons. The van der Waals surface area contributed by atoms with Gasteiger partial charge in [0.05, 0.1) is 18.8 Å². The molecule has 3 aliphatic rings. The smallest absolute Gasteiger partial charge is 0.305 e. The molecular formula is C26H44O5. The summed E-state index contributed by atoms with van der Waals surface area (Å²) in [6.45, 7) is 12.8. The Morgan fingerprint density at radius 3 is 2.39 bits per heavy atom. The topological polar surface area (TPSA) is 61.8 Å². The first-order valence-corrected chi connectivity index (χ1v) is 12.3. The standard InChI is InChI=1S/C26H44O5/c1-17(27)30-18-15-19-20(25(5,16-18)13-8-9-23(28)29-7)12-14-26(6)21(19)10-11-22(26)31-24(2,3)4/h18-22H,8-16H2,1-7H3. The zero-order chi connectivity index (χ0) is 23.0. The van der Waals surface area contributed by atoms with Crippen molar-refractivity contribution in [2.24, 2.45) is 28.6 Å². The Labute approximate surface area is 189 Å². The number of hydrogen-bond acceptors (Lipinski definition) is 5. The van der Waals surface area contributed by atoms with E-state index in [9.17, 15) is 9.59 Å². The average Bonchev–Trinajstić information content (AvgIpc) is 2.96. The molecule has 3 aliphatic carbocycles. The summed E-state index contributed by atoms with van der Waals surface area (Å²) in [5.74, 6) is 1.45. The lowest BCUT2D eigenvalue weighted by molar-refractivity contribution is -0.171. The maximum atomic E-state index is 11.8. The van der Waals surface area contributed by atoms with E-state index >= 15 is 0 Å². The molecule has 31 heavy (non-hydrogen) atoms. The summed E-state index contributed by atoms with van der Waals surface area (Å²) >= 11 is 0. The zero-order valence-electron chi connectivity index (χ0n) is 20.8. The largest absolute Gasteiger partial charge is 0.469 e. The summed E-state index contributed by atoms with van der Waals surface area (Å²) < 4.78 is 17.2. The minimum Gasteiger partial charge on any atom is -0.469 e. The predicted molar refractivity (Wildman–Crippen MR) is 120 cm³/mol. The third kappa shape index (κ3) is 5.29. The molecule has 5 nitrogen and oxygen atoms in total. The molecule has 7 unspecified atom stereocenters. The van der Waals surface area contributed by atoms with Crippen molar-refractivity contribution < 1.29 is 23.8 Å². The van der Waals surface area contributed by atoms with E-state index < -0.39 is 0 Å². The molecule has 3 fully saturated rings. The number of fused-ring (bicyclic) bond motifs is 3. The van der Waals surface area contributed by atoms with E-state index in [4.69, 9.17) is 14.2 Å². The Morgan fingerprint density at radius 2 is 1.77 bits per heavy atom. The first kappa shape index (κ1) is 24.5. The summed E-state index contributed by atoms with van der Waals surface area (Å²) in [7, 11) is 1.45. The van der Waals surface area contributed by atoms with Crippen molar-refractivity contribution in [1.82, 2.24) is 0 Å². The minimum absolute atomic E-state index is 0.0215. The number of esters is 2. The highest BCUT2D eigenvalue weighted by Crippen LogP contribution is 2.64. The summed E-state index contributed by atoms with van der Waals surface area (Å²) in [4.78, 5) is 23.5. The zero-order valence-corrected chi connectivity index (χ0v) is 20.8. The molecule has 5 heteroatoms. The van der Waals surface area contributed by atoms with Crippen LogP contribution >= 0.6 is 0 Å². The van der Waals surface area contributed by atoms with Crippen LogP contribution in [0, 0.1) is 28.6 Å². The van der Waals surface area contributed by atoms with Gasteiger partial charge in [0.15, 0.2) is 0 Å². The molecule has 0 aromatic rings. The Hall–Kier alpha value is -1.10. The second-order valence-electron chi connectivity index (χ2n) is 12.0. The van der Waals surface area contributed by atoms with Crippen LogP contribution in [0.1, 0.15) is 99.3 Å². The van der Waals surface area contributed by atoms with Gasteiger partial charge in [0.1, 0.15) is 6.10 Å². The SMILES string of the molecule is COC(=O)CCCC1(C)CC(OC(C)=O)CC2C1CCC1(C)C(OC(C)(C)C)CCC21. The quantitative estimate of drug-likeness (QED) is 0.501. The first-order chi connectivity index (χ1) is 14.4. The second kappa shape index (κ2) is 9.03. The van der Waals surface area contributed by atoms with Gasteiger partial charge in [-0.2, -0.15) is 0 Å². The molecule has 0 aromatic heterocycles. The fraction of sp³-hybridized carbons (Fsp3) is 0.923. The highest BCUT2D eigenvalue weighted by atomic mass is 16.5. The van der Waals surface area contributed by atoms with Gasteiger partial charge in [0.25, 0.3) is 0 Å². The third-order valence-corrected chi connectivity index (χ3v) is 8.66. The Bertz CT molecular complexity index is 667. The first-order valence-electron chi connectivity index (χ1n) is 12.3. The van der Waals surface area contributed by atoms with E-state index in [1.54, 1.807) is 0 Å². The van der Waals surface area contributed by atoms with E-state index in [0.717, 1.165) is 32.1 Å². The van der Waals surface area contributed by atoms with E-state index in [0.29, 0.717) is 30.3 Å². The summed E-state index contributed by atoms with van der Waals surface area (Å²) in [5.41, 5.74) is 0.148. The number of methoxy groups -OCH3 is 1. The van der Waals surface area contributed by atoms with Crippen LogP contribution in [0.25, 0.3) is 0 Å². The number of carbonyl (C=O) groups excluding carboxylic acids is 2. The molecule has 0 aliphatic heterocycles. The molecule has 0 saturated heterocycles. The predicted octanol–water partition coefficient (Wildman–Crippen LogP) is 5.69. The van der Waals surface area contributed by atoms with Gasteiger partial charge in [-0.1, -0.05) is 13.8 Å². The molecule has 3 rings (SSSR count). The maximum absolute atomic E-state index is 11.8. The van der Waals surface area contributed by atoms with Crippen molar-refractivity contribution >= 4 is 11.9 Å². The van der Waals surface area contributed by atoms with Crippen LogP contribution in [-0.2, 0) is 23.8 Å². The number of carbonyl (C=O) groups is 2. The summed E-state index contributed by atoms with van der Waals surface area (Å²) in [6.07, 6.45) is 9.15. The summed E-state index contributed by atoms with van der Waals surface area (Å²) in [5, 5.41) is 0. The molecule has 3 saturated carbocycles. The van der Waals surface area contributed by atoms with E-state index in [1.807, 2.05) is 0 Å². The highest BCUT2D eigenvalue weighted by Gasteiger charge is 2.59. The normalized spacial score (nSPS) is 40.0. The van der Waals surface area contributed by atoms with Gasteiger partial charge in [0, 0.05) is 13.3 Å². The highest BCUT2D eigenvalue weighted by molar-refractivity contribution is 5.69. The Morgan fingerprint density at radius 1 is 1.06 bits per heavy atom. The van der Waals surface area contributed by atoms with Crippen molar-refractivity contribution in [1.29, 1.82) is 0 Å². The lowest BCUT2D eigenvalue weighted by atomic mass is 9.49. The molecule has 0 amide bonds. The molecule has 178 valence electrons. The minimum atomic E-state index is -0.181. The number of rotatable bonds is 6. The van der Waals surface area contributed by atoms with Gasteiger partial charge in [-0.15, -0.1) is 0 Å². The maximum Gasteiger partial charge on any atom is 0.305 e. The second-order valence-corrected chi connectivity index (χ2v) is 12.0. The molecule has 7 atom stereocenters. The lowest BCUT2D eigenvalue weighted by Crippen LogP contribution is -2.53. The fourth-order valence-electron chi connectivity index (χ4n) is 7.46. The van der Waals surface area contributed by atoms with E-state index in [2.05, 4.69) is 34.6 Å². The van der Waals surface area contributed by atoms with Crippen LogP contribution in [0.2, 0.25) is 0 Å². The van der Waals surface area contributed by atoms with Crippen molar-refractivity contribution in [2.75, 3.05) is 7.11 Å². The molecule has 0 aromatic carbocycles. The molecule has 0 heterocycles. The molecule has 0 bridgehead atoms. The lowest BCUT2D eigenvalue weighted by Gasteiger charge is -2.58.